The van der Waals surface area contributed by atoms with Crippen LogP contribution in [-0.4, -0.2) is 27.9 Å². The van der Waals surface area contributed by atoms with Gasteiger partial charge >= 0.3 is 5.97 Å². The van der Waals surface area contributed by atoms with Gasteiger partial charge in [-0.25, -0.2) is 4.79 Å². The number of hydrogen-bond donors (Lipinski definition) is 1. The molecule has 0 saturated heterocycles. The average Bonchev–Trinajstić information content (AvgIpc) is 2.92. The molecule has 1 amide bonds. The maximum Gasteiger partial charge on any atom is 0.326 e. The van der Waals surface area contributed by atoms with Crippen LogP contribution >= 0.6 is 0 Å². The lowest BCUT2D eigenvalue weighted by atomic mass is 9.86. The first-order valence-corrected chi connectivity index (χ1v) is 11.8. The van der Waals surface area contributed by atoms with Gasteiger partial charge in [-0.15, -0.1) is 0 Å². The largest absolute Gasteiger partial charge is 0.480 e. The van der Waals surface area contributed by atoms with Crippen molar-refractivity contribution < 1.29 is 24.2 Å². The molecule has 0 aliphatic carbocycles. The molecular formula is C30H23NO5. The van der Waals surface area contributed by atoms with E-state index in [1.807, 2.05) is 97.1 Å². The Morgan fingerprint density at radius 1 is 0.750 bits per heavy atom. The summed E-state index contributed by atoms with van der Waals surface area (Å²) in [5.74, 6) is 0.349. The average molecular weight is 478 g/mol. The van der Waals surface area contributed by atoms with Crippen LogP contribution in [0.4, 0.5) is 0 Å². The zero-order valence-corrected chi connectivity index (χ0v) is 19.3. The van der Waals surface area contributed by atoms with Gasteiger partial charge < -0.3 is 19.5 Å². The molecule has 6 rings (SSSR count). The molecule has 0 unspecified atom stereocenters. The van der Waals surface area contributed by atoms with Gasteiger partial charge in [-0.2, -0.15) is 0 Å². The van der Waals surface area contributed by atoms with E-state index in [1.165, 1.54) is 4.90 Å². The van der Waals surface area contributed by atoms with Crippen LogP contribution in [0.5, 0.6) is 23.0 Å². The van der Waals surface area contributed by atoms with E-state index in [0.717, 1.165) is 22.3 Å². The summed E-state index contributed by atoms with van der Waals surface area (Å²) in [4.78, 5) is 28.0. The molecule has 0 radical (unpaired) electrons. The van der Waals surface area contributed by atoms with Gasteiger partial charge in [-0.1, -0.05) is 78.9 Å². The molecule has 0 aromatic heterocycles. The van der Waals surface area contributed by atoms with Crippen LogP contribution < -0.4 is 9.47 Å². The zero-order valence-electron chi connectivity index (χ0n) is 19.3. The number of carbonyl (C=O) groups is 2. The Kier molecular flexibility index (Phi) is 5.41. The van der Waals surface area contributed by atoms with Crippen LogP contribution in [-0.2, 0) is 22.6 Å². The molecule has 6 heteroatoms. The van der Waals surface area contributed by atoms with Gasteiger partial charge in [-0.3, -0.25) is 4.79 Å². The van der Waals surface area contributed by atoms with Gasteiger partial charge in [0, 0.05) is 18.5 Å². The first kappa shape index (κ1) is 21.9. The topological polar surface area (TPSA) is 76.1 Å². The first-order chi connectivity index (χ1) is 17.6. The standard InChI is InChI=1S/C30H23NO5/c32-29(27(19-9-3-1-4-10-19)20-11-5-2-6-12-20)31-18-21-15-16-26-28(22(21)17-23(31)30(33)34)36-25-14-8-7-13-24(25)35-26/h1-16,23,27H,17-18H2,(H,33,34)/t23-/m0/s1. The van der Waals surface area contributed by atoms with E-state index in [0.29, 0.717) is 23.0 Å². The van der Waals surface area contributed by atoms with E-state index in [-0.39, 0.29) is 18.9 Å². The Morgan fingerprint density at radius 3 is 1.94 bits per heavy atom. The number of carbonyl (C=O) groups excluding carboxylic acids is 1. The second-order valence-electron chi connectivity index (χ2n) is 8.96. The van der Waals surface area contributed by atoms with Gasteiger partial charge in [0.25, 0.3) is 0 Å². The number of rotatable bonds is 4. The van der Waals surface area contributed by atoms with Crippen molar-refractivity contribution in [1.82, 2.24) is 4.90 Å². The number of para-hydroxylation sites is 2. The Hall–Kier alpha value is -4.58. The number of carboxylic acid groups (broad SMARTS) is 1. The Bertz CT molecular complexity index is 1410. The smallest absolute Gasteiger partial charge is 0.326 e. The van der Waals surface area contributed by atoms with Crippen molar-refractivity contribution in [2.45, 2.75) is 24.9 Å². The third-order valence-corrected chi connectivity index (χ3v) is 6.80. The van der Waals surface area contributed by atoms with Gasteiger partial charge in [0.1, 0.15) is 6.04 Å². The van der Waals surface area contributed by atoms with Crippen molar-refractivity contribution in [3.63, 3.8) is 0 Å². The van der Waals surface area contributed by atoms with Gasteiger partial charge in [0.15, 0.2) is 23.0 Å². The van der Waals surface area contributed by atoms with Crippen molar-refractivity contribution in [2.75, 3.05) is 0 Å². The molecule has 36 heavy (non-hydrogen) atoms. The highest BCUT2D eigenvalue weighted by Crippen LogP contribution is 2.49. The van der Waals surface area contributed by atoms with Crippen LogP contribution in [0.1, 0.15) is 28.2 Å². The fourth-order valence-electron chi connectivity index (χ4n) is 5.04. The summed E-state index contributed by atoms with van der Waals surface area (Å²) in [7, 11) is 0. The lowest BCUT2D eigenvalue weighted by Gasteiger charge is -2.38. The minimum Gasteiger partial charge on any atom is -0.480 e. The number of benzene rings is 4. The van der Waals surface area contributed by atoms with Gasteiger partial charge in [0.2, 0.25) is 5.91 Å². The third-order valence-electron chi connectivity index (χ3n) is 6.80. The summed E-state index contributed by atoms with van der Waals surface area (Å²) in [6, 6.07) is 29.0. The van der Waals surface area contributed by atoms with E-state index in [1.54, 1.807) is 0 Å². The van der Waals surface area contributed by atoms with Crippen LogP contribution in [0, 0.1) is 0 Å². The van der Waals surface area contributed by atoms with Crippen LogP contribution in [0.25, 0.3) is 0 Å². The number of aliphatic carboxylic acids is 1. The maximum atomic E-state index is 14.1. The van der Waals surface area contributed by atoms with Gasteiger partial charge in [0.05, 0.1) is 5.92 Å². The fourth-order valence-corrected chi connectivity index (χ4v) is 5.04. The predicted molar refractivity (Wildman–Crippen MR) is 133 cm³/mol. The molecular weight excluding hydrogens is 454 g/mol. The fraction of sp³-hybridized carbons (Fsp3) is 0.133. The second-order valence-corrected chi connectivity index (χ2v) is 8.96. The molecule has 2 aliphatic heterocycles. The molecule has 1 atom stereocenters. The molecule has 0 bridgehead atoms. The predicted octanol–water partition coefficient (Wildman–Crippen LogP) is 5.75. The normalized spacial score (nSPS) is 15.7. The number of amides is 1. The van der Waals surface area contributed by atoms with Crippen LogP contribution in [0.3, 0.4) is 0 Å². The molecule has 2 heterocycles. The van der Waals surface area contributed by atoms with Crippen molar-refractivity contribution in [1.29, 1.82) is 0 Å². The SMILES string of the molecule is O=C(O)[C@@H]1Cc2c(ccc3c2Oc2ccccc2O3)CN1C(=O)C(c1ccccc1)c1ccccc1. The lowest BCUT2D eigenvalue weighted by Crippen LogP contribution is -2.50. The second kappa shape index (κ2) is 8.89. The first-order valence-electron chi connectivity index (χ1n) is 11.8. The zero-order chi connectivity index (χ0) is 24.6. The van der Waals surface area contributed by atoms with E-state index < -0.39 is 17.9 Å². The summed E-state index contributed by atoms with van der Waals surface area (Å²) >= 11 is 0. The molecule has 178 valence electrons. The van der Waals surface area contributed by atoms with Crippen molar-refractivity contribution in [3.05, 3.63) is 119 Å². The monoisotopic (exact) mass is 477 g/mol. The molecule has 0 saturated carbocycles. The summed E-state index contributed by atoms with van der Waals surface area (Å²) in [5, 5.41) is 10.2. The van der Waals surface area contributed by atoms with E-state index >= 15 is 0 Å². The number of fused-ring (bicyclic) bond motifs is 4. The Labute approximate surface area is 208 Å². The third kappa shape index (κ3) is 3.77. The number of hydrogen-bond acceptors (Lipinski definition) is 4. The van der Waals surface area contributed by atoms with Crippen molar-refractivity contribution in [2.24, 2.45) is 0 Å². The molecule has 1 N–H and O–H groups in total. The molecule has 4 aromatic rings. The van der Waals surface area contributed by atoms with E-state index in [9.17, 15) is 14.7 Å². The maximum absolute atomic E-state index is 14.1. The minimum atomic E-state index is -1.05. The minimum absolute atomic E-state index is 0.126. The molecule has 6 nitrogen and oxygen atoms in total. The van der Waals surface area contributed by atoms with Gasteiger partial charge in [-0.05, 0) is 34.9 Å². The highest BCUT2D eigenvalue weighted by Gasteiger charge is 2.40. The molecule has 2 aliphatic rings. The molecule has 4 aromatic carbocycles. The summed E-state index contributed by atoms with van der Waals surface area (Å²) in [6.07, 6.45) is 0.126. The van der Waals surface area contributed by atoms with E-state index in [2.05, 4.69) is 0 Å². The molecule has 0 spiro atoms. The summed E-state index contributed by atoms with van der Waals surface area (Å²) in [6.45, 7) is 0.166. The molecule has 0 fully saturated rings. The van der Waals surface area contributed by atoms with Crippen molar-refractivity contribution >= 4 is 11.9 Å². The summed E-state index contributed by atoms with van der Waals surface area (Å²) < 4.78 is 12.2. The van der Waals surface area contributed by atoms with Crippen LogP contribution in [0.2, 0.25) is 0 Å². The number of carboxylic acids is 1. The van der Waals surface area contributed by atoms with Crippen molar-refractivity contribution in [3.8, 4) is 23.0 Å². The summed E-state index contributed by atoms with van der Waals surface area (Å²) in [5.41, 5.74) is 3.25. The van der Waals surface area contributed by atoms with E-state index in [4.69, 9.17) is 9.47 Å². The van der Waals surface area contributed by atoms with Crippen LogP contribution in [0.15, 0.2) is 97.1 Å². The highest BCUT2D eigenvalue weighted by atomic mass is 16.6. The quantitative estimate of drug-likeness (QED) is 0.356. The Morgan fingerprint density at radius 2 is 1.33 bits per heavy atom. The number of nitrogens with zero attached hydrogens (tertiary/aromatic N) is 1. The highest BCUT2D eigenvalue weighted by molar-refractivity contribution is 5.91. The lowest BCUT2D eigenvalue weighted by molar-refractivity contribution is -0.151. The Balaban J connectivity index is 1.40. The number of ether oxygens (including phenoxy) is 2.